The Bertz CT molecular complexity index is 436. The van der Waals surface area contributed by atoms with E-state index in [1.807, 2.05) is 0 Å². The van der Waals surface area contributed by atoms with Crippen molar-refractivity contribution in [3.63, 3.8) is 0 Å². The molecule has 0 aliphatic heterocycles. The number of nitrogens with two attached hydrogens (primary N) is 1. The van der Waals surface area contributed by atoms with E-state index in [0.29, 0.717) is 5.92 Å². The van der Waals surface area contributed by atoms with Crippen LogP contribution in [0.4, 0.5) is 5.13 Å². The van der Waals surface area contributed by atoms with Crippen molar-refractivity contribution in [2.24, 2.45) is 17.6 Å². The Labute approximate surface area is 118 Å². The van der Waals surface area contributed by atoms with Crippen LogP contribution in [0.2, 0.25) is 0 Å². The second-order valence-corrected chi connectivity index (χ2v) is 6.52. The minimum Gasteiger partial charge on any atom is -0.330 e. The average molecular weight is 281 g/mol. The van der Waals surface area contributed by atoms with Crippen LogP contribution in [0.5, 0.6) is 0 Å². The molecular formula is C14H23N3OS. The van der Waals surface area contributed by atoms with E-state index in [0.717, 1.165) is 49.5 Å². The molecular weight excluding hydrogens is 258 g/mol. The van der Waals surface area contributed by atoms with Gasteiger partial charge in [0.1, 0.15) is 0 Å². The van der Waals surface area contributed by atoms with Gasteiger partial charge < -0.3 is 11.1 Å². The highest BCUT2D eigenvalue weighted by molar-refractivity contribution is 7.15. The van der Waals surface area contributed by atoms with Crippen molar-refractivity contribution in [1.82, 2.24) is 4.98 Å². The summed E-state index contributed by atoms with van der Waals surface area (Å²) < 4.78 is 0. The number of thiazole rings is 1. The van der Waals surface area contributed by atoms with Gasteiger partial charge in [0.05, 0.1) is 5.69 Å². The van der Waals surface area contributed by atoms with Gasteiger partial charge in [-0.3, -0.25) is 4.79 Å². The maximum absolute atomic E-state index is 12.2. The summed E-state index contributed by atoms with van der Waals surface area (Å²) >= 11 is 1.57. The number of carbonyl (C=O) groups excluding carboxylic acids is 1. The van der Waals surface area contributed by atoms with Crippen molar-refractivity contribution >= 4 is 22.4 Å². The predicted molar refractivity (Wildman–Crippen MR) is 79.4 cm³/mol. The van der Waals surface area contributed by atoms with E-state index in [-0.39, 0.29) is 11.8 Å². The van der Waals surface area contributed by atoms with Gasteiger partial charge in [-0.05, 0) is 51.5 Å². The average Bonchev–Trinajstić information content (AvgIpc) is 2.78. The van der Waals surface area contributed by atoms with Crippen LogP contribution in [0.25, 0.3) is 0 Å². The maximum atomic E-state index is 12.2. The van der Waals surface area contributed by atoms with Crippen molar-refractivity contribution in [2.75, 3.05) is 11.9 Å². The lowest BCUT2D eigenvalue weighted by atomic mass is 9.82. The molecule has 5 heteroatoms. The van der Waals surface area contributed by atoms with Gasteiger partial charge in [0, 0.05) is 10.8 Å². The molecule has 1 fully saturated rings. The monoisotopic (exact) mass is 281 g/mol. The fourth-order valence-corrected chi connectivity index (χ4v) is 3.58. The van der Waals surface area contributed by atoms with Crippen molar-refractivity contribution in [2.45, 2.75) is 46.0 Å². The third-order valence-corrected chi connectivity index (χ3v) is 4.94. The van der Waals surface area contributed by atoms with Gasteiger partial charge in [0.2, 0.25) is 5.91 Å². The topological polar surface area (TPSA) is 68.0 Å². The van der Waals surface area contributed by atoms with E-state index in [1.54, 1.807) is 11.3 Å². The largest absolute Gasteiger partial charge is 0.330 e. The third-order valence-electron chi connectivity index (χ3n) is 4.01. The van der Waals surface area contributed by atoms with E-state index in [9.17, 15) is 4.79 Å². The molecule has 1 saturated carbocycles. The number of aryl methyl sites for hydroxylation is 2. The number of aromatic nitrogens is 1. The fourth-order valence-electron chi connectivity index (χ4n) is 2.68. The minimum absolute atomic E-state index is 0.131. The van der Waals surface area contributed by atoms with Crippen LogP contribution in [0.15, 0.2) is 0 Å². The first-order chi connectivity index (χ1) is 9.13. The molecule has 2 rings (SSSR count). The van der Waals surface area contributed by atoms with Gasteiger partial charge in [0.15, 0.2) is 5.13 Å². The number of amides is 1. The van der Waals surface area contributed by atoms with Gasteiger partial charge >= 0.3 is 0 Å². The van der Waals surface area contributed by atoms with Crippen molar-refractivity contribution in [3.8, 4) is 0 Å². The molecule has 106 valence electrons. The Balaban J connectivity index is 1.90. The van der Waals surface area contributed by atoms with Crippen LogP contribution in [-0.4, -0.2) is 17.4 Å². The summed E-state index contributed by atoms with van der Waals surface area (Å²) in [5.74, 6) is 0.877. The summed E-state index contributed by atoms with van der Waals surface area (Å²) in [4.78, 5) is 17.9. The quantitative estimate of drug-likeness (QED) is 0.891. The molecule has 0 saturated heterocycles. The van der Waals surface area contributed by atoms with Gasteiger partial charge in [-0.1, -0.05) is 6.92 Å². The summed E-state index contributed by atoms with van der Waals surface area (Å²) in [5.41, 5.74) is 6.76. The standard InChI is InChI=1S/C14H23N3OS/c1-3-12-9(2)19-14(16-12)17-13(18)11-6-4-10(8-15)5-7-11/h10-11H,3-8,15H2,1-2H3,(H,16,17,18). The second-order valence-electron chi connectivity index (χ2n) is 5.32. The summed E-state index contributed by atoms with van der Waals surface area (Å²) in [7, 11) is 0. The molecule has 1 aliphatic rings. The molecule has 0 aromatic carbocycles. The van der Waals surface area contributed by atoms with Gasteiger partial charge in [-0.2, -0.15) is 0 Å². The van der Waals surface area contributed by atoms with Gasteiger partial charge in [-0.15, -0.1) is 11.3 Å². The van der Waals surface area contributed by atoms with Crippen LogP contribution in [-0.2, 0) is 11.2 Å². The molecule has 1 aromatic rings. The molecule has 4 nitrogen and oxygen atoms in total. The highest BCUT2D eigenvalue weighted by Gasteiger charge is 2.26. The van der Waals surface area contributed by atoms with Crippen LogP contribution in [0.3, 0.4) is 0 Å². The number of nitrogens with one attached hydrogen (secondary N) is 1. The molecule has 3 N–H and O–H groups in total. The van der Waals surface area contributed by atoms with E-state index < -0.39 is 0 Å². The summed E-state index contributed by atoms with van der Waals surface area (Å²) in [6, 6.07) is 0. The van der Waals surface area contributed by atoms with E-state index in [2.05, 4.69) is 24.1 Å². The van der Waals surface area contributed by atoms with Gasteiger partial charge in [-0.25, -0.2) is 4.98 Å². The van der Waals surface area contributed by atoms with Crippen LogP contribution in [0, 0.1) is 18.8 Å². The lowest BCUT2D eigenvalue weighted by Gasteiger charge is -2.26. The maximum Gasteiger partial charge on any atom is 0.229 e. The van der Waals surface area contributed by atoms with Crippen molar-refractivity contribution in [1.29, 1.82) is 0 Å². The molecule has 1 heterocycles. The summed E-state index contributed by atoms with van der Waals surface area (Å²) in [6.07, 6.45) is 4.98. The first kappa shape index (κ1) is 14.5. The zero-order chi connectivity index (χ0) is 13.8. The molecule has 0 bridgehead atoms. The van der Waals surface area contributed by atoms with E-state index in [1.165, 1.54) is 4.88 Å². The Morgan fingerprint density at radius 3 is 2.63 bits per heavy atom. The fraction of sp³-hybridized carbons (Fsp3) is 0.714. The molecule has 0 unspecified atom stereocenters. The Morgan fingerprint density at radius 2 is 2.11 bits per heavy atom. The first-order valence-corrected chi connectivity index (χ1v) is 7.92. The molecule has 1 aliphatic carbocycles. The second kappa shape index (κ2) is 6.48. The Kier molecular flexibility index (Phi) is 4.93. The number of hydrogen-bond acceptors (Lipinski definition) is 4. The number of anilines is 1. The molecule has 1 aromatic heterocycles. The van der Waals surface area contributed by atoms with Gasteiger partial charge in [0.25, 0.3) is 0 Å². The van der Waals surface area contributed by atoms with Crippen LogP contribution >= 0.6 is 11.3 Å². The Hall–Kier alpha value is -0.940. The zero-order valence-electron chi connectivity index (χ0n) is 11.7. The number of carbonyl (C=O) groups is 1. The lowest BCUT2D eigenvalue weighted by Crippen LogP contribution is -2.29. The normalized spacial score (nSPS) is 23.3. The van der Waals surface area contributed by atoms with Crippen LogP contribution < -0.4 is 11.1 Å². The summed E-state index contributed by atoms with van der Waals surface area (Å²) in [5, 5.41) is 3.73. The smallest absolute Gasteiger partial charge is 0.229 e. The lowest BCUT2D eigenvalue weighted by molar-refractivity contribution is -0.121. The van der Waals surface area contributed by atoms with Crippen molar-refractivity contribution in [3.05, 3.63) is 10.6 Å². The number of nitrogens with zero attached hydrogens (tertiary/aromatic N) is 1. The minimum atomic E-state index is 0.131. The molecule has 1 amide bonds. The molecule has 19 heavy (non-hydrogen) atoms. The highest BCUT2D eigenvalue weighted by Crippen LogP contribution is 2.30. The van der Waals surface area contributed by atoms with E-state index >= 15 is 0 Å². The highest BCUT2D eigenvalue weighted by atomic mass is 32.1. The Morgan fingerprint density at radius 1 is 1.42 bits per heavy atom. The third kappa shape index (κ3) is 3.54. The molecule has 0 spiro atoms. The summed E-state index contributed by atoms with van der Waals surface area (Å²) in [6.45, 7) is 4.89. The zero-order valence-corrected chi connectivity index (χ0v) is 12.6. The molecule has 0 atom stereocenters. The van der Waals surface area contributed by atoms with Crippen LogP contribution in [0.1, 0.15) is 43.2 Å². The molecule has 0 radical (unpaired) electrons. The van der Waals surface area contributed by atoms with Crippen molar-refractivity contribution < 1.29 is 4.79 Å². The number of rotatable bonds is 4. The SMILES string of the molecule is CCc1nc(NC(=O)C2CCC(CN)CC2)sc1C. The number of hydrogen-bond donors (Lipinski definition) is 2. The first-order valence-electron chi connectivity index (χ1n) is 7.11. The van der Waals surface area contributed by atoms with E-state index in [4.69, 9.17) is 5.73 Å². The predicted octanol–water partition coefficient (Wildman–Crippen LogP) is 2.72.